The van der Waals surface area contributed by atoms with Crippen molar-refractivity contribution in [3.8, 4) is 0 Å². The highest BCUT2D eigenvalue weighted by Gasteiger charge is 2.24. The van der Waals surface area contributed by atoms with E-state index in [4.69, 9.17) is 0 Å². The molecular weight excluding hydrogens is 464 g/mol. The maximum atomic E-state index is 4.03. The molecule has 0 fully saturated rings. The van der Waals surface area contributed by atoms with Gasteiger partial charge in [-0.2, -0.15) is 0 Å². The van der Waals surface area contributed by atoms with Crippen LogP contribution in [0.2, 0.25) is 0 Å². The van der Waals surface area contributed by atoms with Crippen molar-refractivity contribution in [2.75, 3.05) is 10.6 Å². The summed E-state index contributed by atoms with van der Waals surface area (Å²) in [5.41, 5.74) is 8.35. The fourth-order valence-corrected chi connectivity index (χ4v) is 5.11. The second-order valence-electron chi connectivity index (χ2n) is 10.4. The SMILES string of the molecule is C=NC1=CC=CCC1.C=Nc1ccc(C)c2c(C)cccc12.Cc1ccc2c3c(cccc13)NC(C)(C)N2. The lowest BCUT2D eigenvalue weighted by Gasteiger charge is -2.36. The largest absolute Gasteiger partial charge is 0.363 e. The number of rotatable bonds is 2. The third-order valence-electron chi connectivity index (χ3n) is 6.95. The molecule has 4 aromatic carbocycles. The van der Waals surface area contributed by atoms with Crippen LogP contribution in [0.1, 0.15) is 43.4 Å². The minimum absolute atomic E-state index is 0.0868. The number of anilines is 2. The van der Waals surface area contributed by atoms with E-state index in [-0.39, 0.29) is 5.66 Å². The van der Waals surface area contributed by atoms with Crippen LogP contribution in [-0.2, 0) is 0 Å². The fourth-order valence-electron chi connectivity index (χ4n) is 5.11. The molecule has 0 aromatic heterocycles. The number of fused-ring (bicyclic) bond motifs is 1. The molecular formula is C34H38N4. The molecule has 6 rings (SSSR count). The summed E-state index contributed by atoms with van der Waals surface area (Å²) < 4.78 is 0. The molecule has 0 amide bonds. The molecule has 0 bridgehead atoms. The standard InChI is InChI=1S/C14H16N2.C13H13N.C7H9N/c1-9-7-8-12-13-10(9)5-4-6-11(13)15-14(2,3)16-12;1-9-5-4-6-11-12(14-3)8-7-10(2)13(9)11;1-8-7-5-3-2-4-6-7/h4-8,15-16H,1-3H3;4-8H,3H2,1-2H3;2-3,5H,1,4,6H2. The molecule has 0 saturated heterocycles. The number of allylic oxidation sites excluding steroid dienone is 4. The van der Waals surface area contributed by atoms with Gasteiger partial charge in [-0.3, -0.25) is 9.98 Å². The Bertz CT molecular complexity index is 1530. The number of aliphatic imine (C=N–C) groups is 2. The summed E-state index contributed by atoms with van der Waals surface area (Å²) in [7, 11) is 0. The molecule has 1 heterocycles. The van der Waals surface area contributed by atoms with Gasteiger partial charge in [0.1, 0.15) is 5.66 Å². The number of nitrogens with zero attached hydrogens (tertiary/aromatic N) is 2. The molecule has 0 atom stereocenters. The second kappa shape index (κ2) is 11.5. The number of hydrogen-bond acceptors (Lipinski definition) is 4. The summed E-state index contributed by atoms with van der Waals surface area (Å²) in [5, 5.41) is 12.2. The summed E-state index contributed by atoms with van der Waals surface area (Å²) in [5.74, 6) is 0. The van der Waals surface area contributed by atoms with E-state index in [1.54, 1.807) is 0 Å². The van der Waals surface area contributed by atoms with Crippen molar-refractivity contribution >= 4 is 52.0 Å². The molecule has 0 spiro atoms. The highest BCUT2D eigenvalue weighted by atomic mass is 15.2. The van der Waals surface area contributed by atoms with Gasteiger partial charge in [0.25, 0.3) is 0 Å². The van der Waals surface area contributed by atoms with Crippen LogP contribution >= 0.6 is 0 Å². The number of aryl methyl sites for hydroxylation is 3. The summed E-state index contributed by atoms with van der Waals surface area (Å²) >= 11 is 0. The van der Waals surface area contributed by atoms with E-state index in [1.165, 1.54) is 49.6 Å². The summed E-state index contributed by atoms with van der Waals surface area (Å²) in [6, 6.07) is 21.2. The quantitative estimate of drug-likeness (QED) is 0.268. The van der Waals surface area contributed by atoms with Crippen molar-refractivity contribution < 1.29 is 0 Å². The van der Waals surface area contributed by atoms with Gasteiger partial charge < -0.3 is 10.6 Å². The predicted molar refractivity (Wildman–Crippen MR) is 169 cm³/mol. The summed E-state index contributed by atoms with van der Waals surface area (Å²) in [6.45, 7) is 17.7. The van der Waals surface area contributed by atoms with Crippen LogP contribution in [0.4, 0.5) is 17.1 Å². The molecule has 194 valence electrons. The monoisotopic (exact) mass is 502 g/mol. The molecule has 4 nitrogen and oxygen atoms in total. The minimum Gasteiger partial charge on any atom is -0.363 e. The van der Waals surface area contributed by atoms with E-state index in [2.05, 4.69) is 129 Å². The normalized spacial score (nSPS) is 14.6. The van der Waals surface area contributed by atoms with E-state index in [1.807, 2.05) is 18.2 Å². The lowest BCUT2D eigenvalue weighted by Crippen LogP contribution is -2.41. The van der Waals surface area contributed by atoms with Crippen LogP contribution in [0.3, 0.4) is 0 Å². The van der Waals surface area contributed by atoms with Crippen molar-refractivity contribution in [2.45, 2.75) is 53.1 Å². The first-order chi connectivity index (χ1) is 18.2. The first-order valence-corrected chi connectivity index (χ1v) is 13.1. The predicted octanol–water partition coefficient (Wildman–Crippen LogP) is 9.43. The Labute approximate surface area is 226 Å². The van der Waals surface area contributed by atoms with Gasteiger partial charge in [0.15, 0.2) is 0 Å². The Balaban J connectivity index is 0.000000140. The Hall–Kier alpha value is -4.18. The first-order valence-electron chi connectivity index (χ1n) is 13.1. The number of nitrogens with one attached hydrogen (secondary N) is 2. The van der Waals surface area contributed by atoms with E-state index >= 15 is 0 Å². The maximum absolute atomic E-state index is 4.03. The summed E-state index contributed by atoms with van der Waals surface area (Å²) in [4.78, 5) is 7.84. The van der Waals surface area contributed by atoms with Crippen molar-refractivity contribution in [2.24, 2.45) is 9.98 Å². The Kier molecular flexibility index (Phi) is 8.11. The zero-order chi connectivity index (χ0) is 27.3. The van der Waals surface area contributed by atoms with Gasteiger partial charge in [-0.1, -0.05) is 54.6 Å². The summed E-state index contributed by atoms with van der Waals surface area (Å²) in [6.07, 6.45) is 8.32. The average Bonchev–Trinajstić information content (AvgIpc) is 2.91. The zero-order valence-electron chi connectivity index (χ0n) is 23.2. The van der Waals surface area contributed by atoms with Gasteiger partial charge in [0.05, 0.1) is 5.69 Å². The van der Waals surface area contributed by atoms with E-state index in [9.17, 15) is 0 Å². The average molecular weight is 503 g/mol. The molecule has 1 aliphatic heterocycles. The minimum atomic E-state index is -0.0868. The molecule has 38 heavy (non-hydrogen) atoms. The van der Waals surface area contributed by atoms with Crippen LogP contribution in [0, 0.1) is 20.8 Å². The van der Waals surface area contributed by atoms with Crippen LogP contribution in [0.25, 0.3) is 21.5 Å². The molecule has 2 aliphatic rings. The fraction of sp³-hybridized carbons (Fsp3) is 0.235. The molecule has 4 aromatic rings. The molecule has 4 heteroatoms. The molecule has 0 unspecified atom stereocenters. The van der Waals surface area contributed by atoms with Crippen LogP contribution in [0.5, 0.6) is 0 Å². The topological polar surface area (TPSA) is 48.8 Å². The van der Waals surface area contributed by atoms with Gasteiger partial charge in [0, 0.05) is 27.8 Å². The van der Waals surface area contributed by atoms with E-state index < -0.39 is 0 Å². The third-order valence-corrected chi connectivity index (χ3v) is 6.95. The number of hydrogen-bond donors (Lipinski definition) is 2. The van der Waals surface area contributed by atoms with Crippen LogP contribution in [0.15, 0.2) is 94.6 Å². The molecule has 1 aliphatic carbocycles. The van der Waals surface area contributed by atoms with E-state index in [0.717, 1.165) is 24.2 Å². The van der Waals surface area contributed by atoms with Crippen molar-refractivity contribution in [3.05, 3.63) is 101 Å². The van der Waals surface area contributed by atoms with Gasteiger partial charge in [-0.05, 0) is 113 Å². The van der Waals surface area contributed by atoms with Crippen molar-refractivity contribution in [3.63, 3.8) is 0 Å². The third kappa shape index (κ3) is 5.86. The van der Waals surface area contributed by atoms with Gasteiger partial charge in [0.2, 0.25) is 0 Å². The van der Waals surface area contributed by atoms with E-state index in [0.29, 0.717) is 0 Å². The molecule has 0 radical (unpaired) electrons. The zero-order valence-corrected chi connectivity index (χ0v) is 23.2. The van der Waals surface area contributed by atoms with Gasteiger partial charge in [-0.15, -0.1) is 0 Å². The Morgan fingerprint density at radius 1 is 0.711 bits per heavy atom. The second-order valence-corrected chi connectivity index (χ2v) is 10.4. The Morgan fingerprint density at radius 3 is 2.03 bits per heavy atom. The lowest BCUT2D eigenvalue weighted by molar-refractivity contribution is 0.649. The van der Waals surface area contributed by atoms with Crippen LogP contribution < -0.4 is 10.6 Å². The maximum Gasteiger partial charge on any atom is 0.102 e. The highest BCUT2D eigenvalue weighted by molar-refractivity contribution is 6.06. The van der Waals surface area contributed by atoms with Crippen molar-refractivity contribution in [1.82, 2.24) is 0 Å². The lowest BCUT2D eigenvalue weighted by atomic mass is 9.98. The Morgan fingerprint density at radius 2 is 1.37 bits per heavy atom. The van der Waals surface area contributed by atoms with Crippen molar-refractivity contribution in [1.29, 1.82) is 0 Å². The molecule has 2 N–H and O–H groups in total. The first kappa shape index (κ1) is 26.9. The van der Waals surface area contributed by atoms with Gasteiger partial charge in [-0.25, -0.2) is 0 Å². The highest BCUT2D eigenvalue weighted by Crippen LogP contribution is 2.38. The van der Waals surface area contributed by atoms with Gasteiger partial charge >= 0.3 is 0 Å². The van der Waals surface area contributed by atoms with Crippen LogP contribution in [-0.4, -0.2) is 19.1 Å². The smallest absolute Gasteiger partial charge is 0.102 e. The number of benzene rings is 4. The molecule has 0 saturated carbocycles.